The minimum atomic E-state index is -0.849. The van der Waals surface area contributed by atoms with Gasteiger partial charge in [-0.3, -0.25) is 4.79 Å². The minimum absolute atomic E-state index is 0.413. The van der Waals surface area contributed by atoms with Crippen molar-refractivity contribution >= 4 is 17.6 Å². The lowest BCUT2D eigenvalue weighted by Crippen LogP contribution is -2.18. The van der Waals surface area contributed by atoms with Crippen LogP contribution in [0.25, 0.3) is 0 Å². The van der Waals surface area contributed by atoms with Crippen LogP contribution in [0.3, 0.4) is 0 Å². The maximum absolute atomic E-state index is 11.7. The van der Waals surface area contributed by atoms with Gasteiger partial charge in [0.25, 0.3) is 0 Å². The maximum atomic E-state index is 11.7. The normalized spacial score (nSPS) is 14.7. The second-order valence-electron chi connectivity index (χ2n) is 5.26. The molecule has 1 heterocycles. The van der Waals surface area contributed by atoms with E-state index in [9.17, 15) is 9.90 Å². The molecule has 1 N–H and O–H groups in total. The molecular formula is C16H15ClN2O2. The molecule has 0 fully saturated rings. The maximum Gasteiger partial charge on any atom is 0.312 e. The highest BCUT2D eigenvalue weighted by Gasteiger charge is 2.28. The number of aliphatic carboxylic acids is 1. The van der Waals surface area contributed by atoms with E-state index in [2.05, 4.69) is 9.97 Å². The Balaban J connectivity index is 1.94. The lowest BCUT2D eigenvalue weighted by Gasteiger charge is -2.15. The molecule has 1 aromatic heterocycles. The summed E-state index contributed by atoms with van der Waals surface area (Å²) in [6.07, 6.45) is 4.70. The Morgan fingerprint density at radius 3 is 2.71 bits per heavy atom. The van der Waals surface area contributed by atoms with Gasteiger partial charge in [-0.2, -0.15) is 0 Å². The Morgan fingerprint density at radius 2 is 2.00 bits per heavy atom. The Kier molecular flexibility index (Phi) is 3.88. The number of nitrogens with zero attached hydrogens (tertiary/aromatic N) is 2. The topological polar surface area (TPSA) is 63.1 Å². The fourth-order valence-corrected chi connectivity index (χ4v) is 2.97. The van der Waals surface area contributed by atoms with E-state index in [1.54, 1.807) is 12.1 Å². The Morgan fingerprint density at radius 1 is 1.24 bits per heavy atom. The third kappa shape index (κ3) is 2.90. The van der Waals surface area contributed by atoms with Gasteiger partial charge < -0.3 is 5.11 Å². The van der Waals surface area contributed by atoms with Crippen LogP contribution in [0.5, 0.6) is 0 Å². The fourth-order valence-electron chi connectivity index (χ4n) is 2.84. The molecule has 0 saturated carbocycles. The summed E-state index contributed by atoms with van der Waals surface area (Å²) in [5, 5.41) is 10.2. The predicted octanol–water partition coefficient (Wildman–Crippen LogP) is 3.03. The molecule has 0 amide bonds. The Hall–Kier alpha value is -1.94. The quantitative estimate of drug-likeness (QED) is 0.943. The Bertz CT molecular complexity index is 670. The van der Waals surface area contributed by atoms with Crippen molar-refractivity contribution in [3.63, 3.8) is 0 Å². The van der Waals surface area contributed by atoms with E-state index in [4.69, 9.17) is 11.6 Å². The highest BCUT2D eigenvalue weighted by atomic mass is 35.5. The van der Waals surface area contributed by atoms with Gasteiger partial charge >= 0.3 is 5.97 Å². The van der Waals surface area contributed by atoms with E-state index in [1.807, 2.05) is 12.1 Å². The molecule has 0 radical (unpaired) electrons. The van der Waals surface area contributed by atoms with Crippen LogP contribution in [0.15, 0.2) is 30.6 Å². The van der Waals surface area contributed by atoms with Crippen molar-refractivity contribution in [2.24, 2.45) is 0 Å². The zero-order valence-corrected chi connectivity index (χ0v) is 12.2. The van der Waals surface area contributed by atoms with Gasteiger partial charge in [0.15, 0.2) is 0 Å². The first-order valence-corrected chi connectivity index (χ1v) is 7.33. The first-order valence-electron chi connectivity index (χ1n) is 6.95. The second kappa shape index (κ2) is 5.82. The molecule has 108 valence electrons. The second-order valence-corrected chi connectivity index (χ2v) is 5.70. The van der Waals surface area contributed by atoms with E-state index in [0.717, 1.165) is 36.1 Å². The molecule has 0 saturated heterocycles. The average Bonchev–Trinajstić information content (AvgIpc) is 2.95. The van der Waals surface area contributed by atoms with Gasteiger partial charge in [-0.25, -0.2) is 9.97 Å². The molecule has 4 nitrogen and oxygen atoms in total. The number of carbonyl (C=O) groups is 1. The number of aromatic nitrogens is 2. The smallest absolute Gasteiger partial charge is 0.312 e. The molecule has 1 atom stereocenters. The molecule has 0 spiro atoms. The standard InChI is InChI=1S/C16H15ClN2O2/c17-11-6-4-10(5-7-11)8-13(16(20)21)15-12-2-1-3-14(12)18-9-19-15/h4-7,9,13H,1-3,8H2,(H,20,21). The molecule has 1 aliphatic rings. The first-order chi connectivity index (χ1) is 10.1. The number of halogens is 1. The molecule has 21 heavy (non-hydrogen) atoms. The third-order valence-electron chi connectivity index (χ3n) is 3.89. The summed E-state index contributed by atoms with van der Waals surface area (Å²) in [7, 11) is 0. The zero-order valence-electron chi connectivity index (χ0n) is 11.4. The Labute approximate surface area is 127 Å². The van der Waals surface area contributed by atoms with E-state index in [-0.39, 0.29) is 0 Å². The summed E-state index contributed by atoms with van der Waals surface area (Å²) in [6.45, 7) is 0. The minimum Gasteiger partial charge on any atom is -0.481 e. The summed E-state index contributed by atoms with van der Waals surface area (Å²) < 4.78 is 0. The molecule has 5 heteroatoms. The van der Waals surface area contributed by atoms with Crippen molar-refractivity contribution in [2.75, 3.05) is 0 Å². The molecular weight excluding hydrogens is 288 g/mol. The van der Waals surface area contributed by atoms with Crippen molar-refractivity contribution in [3.8, 4) is 0 Å². The highest BCUT2D eigenvalue weighted by Crippen LogP contribution is 2.29. The van der Waals surface area contributed by atoms with Gasteiger partial charge in [0.05, 0.1) is 5.69 Å². The van der Waals surface area contributed by atoms with Crippen molar-refractivity contribution in [2.45, 2.75) is 31.6 Å². The van der Waals surface area contributed by atoms with Crippen LogP contribution >= 0.6 is 11.6 Å². The summed E-state index contributed by atoms with van der Waals surface area (Å²) in [5.41, 5.74) is 3.64. The lowest BCUT2D eigenvalue weighted by atomic mass is 9.92. The number of aryl methyl sites for hydroxylation is 1. The number of carboxylic acids is 1. The number of fused-ring (bicyclic) bond motifs is 1. The average molecular weight is 303 g/mol. The summed E-state index contributed by atoms with van der Waals surface area (Å²) >= 11 is 5.87. The van der Waals surface area contributed by atoms with Gasteiger partial charge in [0.2, 0.25) is 0 Å². The molecule has 1 aliphatic carbocycles. The van der Waals surface area contributed by atoms with Crippen LogP contribution in [0, 0.1) is 0 Å². The molecule has 0 bridgehead atoms. The first kappa shape index (κ1) is 14.0. The zero-order chi connectivity index (χ0) is 14.8. The van der Waals surface area contributed by atoms with Crippen LogP contribution in [0.4, 0.5) is 0 Å². The van der Waals surface area contributed by atoms with E-state index in [0.29, 0.717) is 17.1 Å². The van der Waals surface area contributed by atoms with Gasteiger partial charge in [-0.15, -0.1) is 0 Å². The molecule has 2 aromatic rings. The number of hydrogen-bond acceptors (Lipinski definition) is 3. The van der Waals surface area contributed by atoms with Gasteiger partial charge in [0.1, 0.15) is 12.2 Å². The van der Waals surface area contributed by atoms with Crippen LogP contribution in [-0.4, -0.2) is 21.0 Å². The largest absolute Gasteiger partial charge is 0.481 e. The summed E-state index contributed by atoms with van der Waals surface area (Å²) in [5.74, 6) is -1.49. The summed E-state index contributed by atoms with van der Waals surface area (Å²) in [4.78, 5) is 20.2. The van der Waals surface area contributed by atoms with E-state index >= 15 is 0 Å². The predicted molar refractivity (Wildman–Crippen MR) is 79.6 cm³/mol. The number of carboxylic acid groups (broad SMARTS) is 1. The van der Waals surface area contributed by atoms with Crippen LogP contribution in [0.2, 0.25) is 5.02 Å². The van der Waals surface area contributed by atoms with Crippen molar-refractivity contribution in [1.82, 2.24) is 9.97 Å². The van der Waals surface area contributed by atoms with E-state index in [1.165, 1.54) is 6.33 Å². The SMILES string of the molecule is O=C(O)C(Cc1ccc(Cl)cc1)c1ncnc2c1CCC2. The fraction of sp³-hybridized carbons (Fsp3) is 0.312. The van der Waals surface area contributed by atoms with E-state index < -0.39 is 11.9 Å². The lowest BCUT2D eigenvalue weighted by molar-refractivity contribution is -0.138. The molecule has 1 aromatic carbocycles. The van der Waals surface area contributed by atoms with Gasteiger partial charge in [-0.05, 0) is 48.9 Å². The third-order valence-corrected chi connectivity index (χ3v) is 4.14. The number of hydrogen-bond donors (Lipinski definition) is 1. The van der Waals surface area contributed by atoms with Gasteiger partial charge in [-0.1, -0.05) is 23.7 Å². The van der Waals surface area contributed by atoms with Crippen molar-refractivity contribution in [1.29, 1.82) is 0 Å². The number of rotatable bonds is 4. The highest BCUT2D eigenvalue weighted by molar-refractivity contribution is 6.30. The molecule has 3 rings (SSSR count). The van der Waals surface area contributed by atoms with Crippen LogP contribution in [0.1, 0.15) is 34.9 Å². The number of benzene rings is 1. The van der Waals surface area contributed by atoms with Gasteiger partial charge in [0, 0.05) is 10.7 Å². The van der Waals surface area contributed by atoms with Crippen LogP contribution < -0.4 is 0 Å². The van der Waals surface area contributed by atoms with Crippen LogP contribution in [-0.2, 0) is 24.1 Å². The van der Waals surface area contributed by atoms with Crippen molar-refractivity contribution in [3.05, 3.63) is 58.1 Å². The van der Waals surface area contributed by atoms with Crippen molar-refractivity contribution < 1.29 is 9.90 Å². The monoisotopic (exact) mass is 302 g/mol. The summed E-state index contributed by atoms with van der Waals surface area (Å²) in [6, 6.07) is 7.28. The molecule has 0 aliphatic heterocycles. The molecule has 1 unspecified atom stereocenters.